The van der Waals surface area contributed by atoms with Crippen LogP contribution in [0.25, 0.3) is 4.85 Å². The van der Waals surface area contributed by atoms with Crippen LogP contribution in [0.15, 0.2) is 18.2 Å². The molecule has 0 bridgehead atoms. The fourth-order valence-corrected chi connectivity index (χ4v) is 1.63. The number of nitrogens with one attached hydrogen (secondary N) is 1. The molecular weight excluding hydrogens is 256 g/mol. The first kappa shape index (κ1) is 15.8. The van der Waals surface area contributed by atoms with Gasteiger partial charge in [-0.1, -0.05) is 0 Å². The monoisotopic (exact) mass is 276 g/mol. The number of carbonyl (C=O) groups is 1. The Bertz CT molecular complexity index is 527. The summed E-state index contributed by atoms with van der Waals surface area (Å²) in [6.07, 6.45) is -0.523. The topological polar surface area (TPSA) is 51.9 Å². The lowest BCUT2D eigenvalue weighted by molar-refractivity contribution is 0.0636. The lowest BCUT2D eigenvalue weighted by Gasteiger charge is -2.20. The van der Waals surface area contributed by atoms with E-state index < -0.39 is 11.7 Å². The maximum absolute atomic E-state index is 11.7. The van der Waals surface area contributed by atoms with Crippen molar-refractivity contribution < 1.29 is 14.3 Å². The normalized spacial score (nSPS) is 12.2. The van der Waals surface area contributed by atoms with Gasteiger partial charge in [0.25, 0.3) is 0 Å². The Labute approximate surface area is 119 Å². The van der Waals surface area contributed by atoms with Crippen molar-refractivity contribution in [1.82, 2.24) is 0 Å². The average molecular weight is 276 g/mol. The molecule has 1 unspecified atom stereocenters. The number of methoxy groups -OCH3 is 1. The minimum Gasteiger partial charge on any atom is -0.496 e. The first-order valence-electron chi connectivity index (χ1n) is 6.31. The number of rotatable bonds is 3. The van der Waals surface area contributed by atoms with Gasteiger partial charge in [0.15, 0.2) is 0 Å². The minimum atomic E-state index is -0.549. The highest BCUT2D eigenvalue weighted by molar-refractivity contribution is 5.85. The van der Waals surface area contributed by atoms with Crippen molar-refractivity contribution in [1.29, 1.82) is 0 Å². The number of ether oxygens (including phenoxy) is 2. The van der Waals surface area contributed by atoms with Gasteiger partial charge in [-0.15, -0.1) is 0 Å². The van der Waals surface area contributed by atoms with Crippen LogP contribution in [-0.4, -0.2) is 18.8 Å². The van der Waals surface area contributed by atoms with E-state index in [4.69, 9.17) is 16.0 Å². The van der Waals surface area contributed by atoms with Crippen LogP contribution < -0.4 is 10.1 Å². The summed E-state index contributed by atoms with van der Waals surface area (Å²) in [5.74, 6) is 0.571. The van der Waals surface area contributed by atoms with Crippen molar-refractivity contribution in [2.75, 3.05) is 12.4 Å². The average Bonchev–Trinajstić information content (AvgIpc) is 2.35. The van der Waals surface area contributed by atoms with Crippen LogP contribution in [0.3, 0.4) is 0 Å². The predicted octanol–water partition coefficient (Wildman–Crippen LogP) is 4.02. The molecule has 0 aliphatic rings. The van der Waals surface area contributed by atoms with E-state index in [-0.39, 0.29) is 6.04 Å². The van der Waals surface area contributed by atoms with Gasteiger partial charge in [0.1, 0.15) is 11.4 Å². The first-order valence-corrected chi connectivity index (χ1v) is 6.31. The van der Waals surface area contributed by atoms with Crippen molar-refractivity contribution in [3.05, 3.63) is 35.2 Å². The summed E-state index contributed by atoms with van der Waals surface area (Å²) in [7, 11) is 1.53. The van der Waals surface area contributed by atoms with E-state index in [9.17, 15) is 4.79 Å². The van der Waals surface area contributed by atoms with Crippen molar-refractivity contribution in [3.8, 4) is 5.75 Å². The predicted molar refractivity (Wildman–Crippen MR) is 77.9 cm³/mol. The number of amides is 1. The van der Waals surface area contributed by atoms with E-state index >= 15 is 0 Å². The molecule has 5 heteroatoms. The molecule has 0 radical (unpaired) electrons. The molecule has 0 aliphatic heterocycles. The van der Waals surface area contributed by atoms with Gasteiger partial charge in [0.05, 0.1) is 12.7 Å². The largest absolute Gasteiger partial charge is 0.496 e. The Hall–Kier alpha value is -2.22. The molecular formula is C15H20N2O3. The molecule has 20 heavy (non-hydrogen) atoms. The summed E-state index contributed by atoms with van der Waals surface area (Å²) in [4.78, 5) is 15.1. The summed E-state index contributed by atoms with van der Waals surface area (Å²) in [6.45, 7) is 14.3. The molecule has 0 aliphatic carbocycles. The lowest BCUT2D eigenvalue weighted by atomic mass is 10.1. The van der Waals surface area contributed by atoms with Crippen LogP contribution in [0.2, 0.25) is 0 Å². The zero-order valence-corrected chi connectivity index (χ0v) is 12.5. The highest BCUT2D eigenvalue weighted by atomic mass is 16.6. The number of hydrogen-bond donors (Lipinski definition) is 1. The summed E-state index contributed by atoms with van der Waals surface area (Å²) < 4.78 is 10.4. The van der Waals surface area contributed by atoms with Gasteiger partial charge >= 0.3 is 6.09 Å². The zero-order chi connectivity index (χ0) is 15.3. The second kappa shape index (κ2) is 6.29. The lowest BCUT2D eigenvalue weighted by Crippen LogP contribution is -2.27. The maximum Gasteiger partial charge on any atom is 0.412 e. The van der Waals surface area contributed by atoms with E-state index in [0.717, 1.165) is 5.56 Å². The molecule has 0 heterocycles. The van der Waals surface area contributed by atoms with Crippen LogP contribution in [-0.2, 0) is 4.74 Å². The molecule has 108 valence electrons. The fourth-order valence-electron chi connectivity index (χ4n) is 1.63. The van der Waals surface area contributed by atoms with Crippen molar-refractivity contribution in [3.63, 3.8) is 0 Å². The molecule has 0 fully saturated rings. The third-order valence-corrected chi connectivity index (χ3v) is 2.52. The van der Waals surface area contributed by atoms with Crippen molar-refractivity contribution in [2.24, 2.45) is 0 Å². The van der Waals surface area contributed by atoms with Gasteiger partial charge in [0, 0.05) is 18.7 Å². The van der Waals surface area contributed by atoms with Crippen LogP contribution in [0.1, 0.15) is 39.3 Å². The standard InChI is InChI=1S/C15H20N2O3/c1-10(16-5)12-8-7-11(9-13(12)19-6)17-14(18)20-15(2,3)4/h7-10H,1-4,6H3,(H,17,18). The molecule has 1 aromatic rings. The Morgan fingerprint density at radius 2 is 2.05 bits per heavy atom. The molecule has 0 saturated heterocycles. The van der Waals surface area contributed by atoms with E-state index in [1.54, 1.807) is 45.9 Å². The molecule has 5 nitrogen and oxygen atoms in total. The van der Waals surface area contributed by atoms with Gasteiger partial charge in [-0.3, -0.25) is 5.32 Å². The maximum atomic E-state index is 11.7. The van der Waals surface area contributed by atoms with Gasteiger partial charge in [-0.25, -0.2) is 11.4 Å². The second-order valence-electron chi connectivity index (χ2n) is 5.39. The van der Waals surface area contributed by atoms with Gasteiger partial charge < -0.3 is 14.3 Å². The Morgan fingerprint density at radius 3 is 2.55 bits per heavy atom. The third-order valence-electron chi connectivity index (χ3n) is 2.52. The van der Waals surface area contributed by atoms with Crippen LogP contribution in [0.4, 0.5) is 10.5 Å². The molecule has 1 rings (SSSR count). The molecule has 1 N–H and O–H groups in total. The van der Waals surface area contributed by atoms with Gasteiger partial charge in [0.2, 0.25) is 6.04 Å². The molecule has 1 aromatic carbocycles. The third kappa shape index (κ3) is 4.47. The van der Waals surface area contributed by atoms with Crippen LogP contribution in [0, 0.1) is 6.57 Å². The number of hydrogen-bond acceptors (Lipinski definition) is 3. The van der Waals surface area contributed by atoms with E-state index in [1.807, 2.05) is 0 Å². The van der Waals surface area contributed by atoms with Gasteiger partial charge in [-0.05, 0) is 32.9 Å². The van der Waals surface area contributed by atoms with Crippen LogP contribution in [0.5, 0.6) is 5.75 Å². The van der Waals surface area contributed by atoms with E-state index in [2.05, 4.69) is 10.2 Å². The quantitative estimate of drug-likeness (QED) is 0.848. The molecule has 0 aromatic heterocycles. The molecule has 0 saturated carbocycles. The highest BCUT2D eigenvalue weighted by Gasteiger charge is 2.18. The van der Waals surface area contributed by atoms with Gasteiger partial charge in [-0.2, -0.15) is 0 Å². The number of nitrogens with zero attached hydrogens (tertiary/aromatic N) is 1. The zero-order valence-electron chi connectivity index (χ0n) is 12.5. The van der Waals surface area contributed by atoms with E-state index in [0.29, 0.717) is 11.4 Å². The SMILES string of the molecule is [C-]#[N+]C(C)c1ccc(NC(=O)OC(C)(C)C)cc1OC. The summed E-state index contributed by atoms with van der Waals surface area (Å²) >= 11 is 0. The molecule has 1 amide bonds. The Balaban J connectivity index is 2.89. The number of anilines is 1. The summed E-state index contributed by atoms with van der Waals surface area (Å²) in [5.41, 5.74) is 0.807. The minimum absolute atomic E-state index is 0.291. The van der Waals surface area contributed by atoms with Crippen molar-refractivity contribution >= 4 is 11.8 Å². The summed E-state index contributed by atoms with van der Waals surface area (Å²) in [6, 6.07) is 4.89. The van der Waals surface area contributed by atoms with Crippen LogP contribution >= 0.6 is 0 Å². The molecule has 0 spiro atoms. The highest BCUT2D eigenvalue weighted by Crippen LogP contribution is 2.30. The molecule has 1 atom stereocenters. The smallest absolute Gasteiger partial charge is 0.412 e. The first-order chi connectivity index (χ1) is 9.26. The fraction of sp³-hybridized carbons (Fsp3) is 0.467. The Kier molecular flexibility index (Phi) is 4.98. The summed E-state index contributed by atoms with van der Waals surface area (Å²) in [5, 5.41) is 2.64. The van der Waals surface area contributed by atoms with Crippen molar-refractivity contribution in [2.45, 2.75) is 39.3 Å². The van der Waals surface area contributed by atoms with E-state index in [1.165, 1.54) is 7.11 Å². The number of benzene rings is 1. The number of carbonyl (C=O) groups excluding carboxylic acids is 1. The second-order valence-corrected chi connectivity index (χ2v) is 5.39. The Morgan fingerprint density at radius 1 is 1.40 bits per heavy atom.